The Hall–Kier alpha value is -3.40. The Morgan fingerprint density at radius 1 is 0.933 bits per heavy atom. The molecule has 0 atom stereocenters. The maximum atomic E-state index is 13.4. The number of alkyl halides is 3. The third kappa shape index (κ3) is 3.86. The topological polar surface area (TPSA) is 74.8 Å². The summed E-state index contributed by atoms with van der Waals surface area (Å²) in [5.74, 6) is -0.435. The molecule has 0 unspecified atom stereocenters. The second-order valence-electron chi connectivity index (χ2n) is 6.47. The molecule has 0 bridgehead atoms. The van der Waals surface area contributed by atoms with Gasteiger partial charge in [-0.1, -0.05) is 12.1 Å². The van der Waals surface area contributed by atoms with Gasteiger partial charge in [-0.05, 0) is 54.6 Å². The molecule has 1 heterocycles. The molecule has 5 nitrogen and oxygen atoms in total. The molecule has 0 radical (unpaired) electrons. The van der Waals surface area contributed by atoms with E-state index in [1.165, 1.54) is 36.4 Å². The van der Waals surface area contributed by atoms with Gasteiger partial charge in [-0.25, -0.2) is 12.8 Å². The molecule has 2 N–H and O–H groups in total. The number of fused-ring (bicyclic) bond motifs is 1. The van der Waals surface area contributed by atoms with Crippen LogP contribution in [0.5, 0.6) is 0 Å². The number of hydrogen-bond acceptors (Lipinski definition) is 3. The van der Waals surface area contributed by atoms with Gasteiger partial charge in [0.25, 0.3) is 10.0 Å². The van der Waals surface area contributed by atoms with Crippen LogP contribution >= 0.6 is 0 Å². The summed E-state index contributed by atoms with van der Waals surface area (Å²) in [5, 5.41) is 7.44. The zero-order valence-corrected chi connectivity index (χ0v) is 15.9. The van der Waals surface area contributed by atoms with E-state index in [1.807, 2.05) is 0 Å². The molecular weight excluding hydrogens is 422 g/mol. The van der Waals surface area contributed by atoms with Gasteiger partial charge in [0, 0.05) is 16.6 Å². The van der Waals surface area contributed by atoms with Crippen molar-refractivity contribution in [3.8, 4) is 11.3 Å². The summed E-state index contributed by atoms with van der Waals surface area (Å²) in [7, 11) is -4.06. The number of hydrogen-bond donors (Lipinski definition) is 2. The molecule has 0 aliphatic carbocycles. The number of aromatic nitrogens is 2. The molecule has 0 fully saturated rings. The summed E-state index contributed by atoms with van der Waals surface area (Å²) >= 11 is 0. The molecular formula is C20H13F4N3O2S. The molecule has 3 aromatic carbocycles. The summed E-state index contributed by atoms with van der Waals surface area (Å²) in [6, 6.07) is 13.6. The fraction of sp³-hybridized carbons (Fsp3) is 0.0500. The monoisotopic (exact) mass is 435 g/mol. The molecule has 4 rings (SSSR count). The lowest BCUT2D eigenvalue weighted by Gasteiger charge is -2.11. The Kier molecular flexibility index (Phi) is 4.73. The average Bonchev–Trinajstić information content (AvgIpc) is 3.10. The fourth-order valence-electron chi connectivity index (χ4n) is 2.96. The minimum Gasteiger partial charge on any atom is -0.280 e. The van der Waals surface area contributed by atoms with Crippen LogP contribution in [0, 0.1) is 5.82 Å². The minimum absolute atomic E-state index is 0.00547. The van der Waals surface area contributed by atoms with E-state index in [4.69, 9.17) is 0 Å². The first-order valence-corrected chi connectivity index (χ1v) is 10.1. The maximum Gasteiger partial charge on any atom is 0.416 e. The van der Waals surface area contributed by atoms with Crippen molar-refractivity contribution in [3.05, 3.63) is 78.1 Å². The SMILES string of the molecule is O=S(=O)(Nc1ccc(C(F)(F)F)cc1)c1cccc(-c2n[nH]c3cc(F)ccc23)c1. The highest BCUT2D eigenvalue weighted by Crippen LogP contribution is 2.31. The first-order chi connectivity index (χ1) is 14.1. The molecule has 30 heavy (non-hydrogen) atoms. The number of aromatic amines is 1. The Balaban J connectivity index is 1.65. The third-order valence-electron chi connectivity index (χ3n) is 4.41. The van der Waals surface area contributed by atoms with Crippen molar-refractivity contribution < 1.29 is 26.0 Å². The Morgan fingerprint density at radius 2 is 1.67 bits per heavy atom. The lowest BCUT2D eigenvalue weighted by Crippen LogP contribution is -2.13. The highest BCUT2D eigenvalue weighted by atomic mass is 32.2. The van der Waals surface area contributed by atoms with Crippen molar-refractivity contribution in [1.29, 1.82) is 0 Å². The summed E-state index contributed by atoms with van der Waals surface area (Å²) < 4.78 is 79.0. The largest absolute Gasteiger partial charge is 0.416 e. The van der Waals surface area contributed by atoms with E-state index in [1.54, 1.807) is 6.07 Å². The van der Waals surface area contributed by atoms with E-state index in [0.717, 1.165) is 24.3 Å². The normalized spacial score (nSPS) is 12.3. The lowest BCUT2D eigenvalue weighted by molar-refractivity contribution is -0.137. The quantitative estimate of drug-likeness (QED) is 0.434. The van der Waals surface area contributed by atoms with Crippen LogP contribution in [-0.2, 0) is 16.2 Å². The van der Waals surface area contributed by atoms with Crippen LogP contribution in [0.3, 0.4) is 0 Å². The average molecular weight is 435 g/mol. The number of anilines is 1. The highest BCUT2D eigenvalue weighted by Gasteiger charge is 2.30. The van der Waals surface area contributed by atoms with Crippen LogP contribution in [0.2, 0.25) is 0 Å². The molecule has 0 aliphatic heterocycles. The zero-order chi connectivity index (χ0) is 21.5. The number of sulfonamides is 1. The van der Waals surface area contributed by atoms with Gasteiger partial charge in [-0.3, -0.25) is 9.82 Å². The van der Waals surface area contributed by atoms with E-state index >= 15 is 0 Å². The van der Waals surface area contributed by atoms with Crippen molar-refractivity contribution in [2.45, 2.75) is 11.1 Å². The summed E-state index contributed by atoms with van der Waals surface area (Å²) in [6.45, 7) is 0. The second kappa shape index (κ2) is 7.13. The highest BCUT2D eigenvalue weighted by molar-refractivity contribution is 7.92. The van der Waals surface area contributed by atoms with Gasteiger partial charge in [-0.15, -0.1) is 0 Å². The fourth-order valence-corrected chi connectivity index (χ4v) is 4.07. The Morgan fingerprint density at radius 3 is 2.37 bits per heavy atom. The van der Waals surface area contributed by atoms with E-state index in [9.17, 15) is 26.0 Å². The van der Waals surface area contributed by atoms with Crippen LogP contribution in [0.25, 0.3) is 22.2 Å². The molecule has 4 aromatic rings. The number of benzene rings is 3. The van der Waals surface area contributed by atoms with E-state index in [2.05, 4.69) is 14.9 Å². The third-order valence-corrected chi connectivity index (χ3v) is 5.79. The molecule has 154 valence electrons. The zero-order valence-electron chi connectivity index (χ0n) is 15.0. The van der Waals surface area contributed by atoms with Gasteiger partial charge in [0.1, 0.15) is 5.82 Å². The number of nitrogens with one attached hydrogen (secondary N) is 2. The predicted molar refractivity (Wildman–Crippen MR) is 104 cm³/mol. The van der Waals surface area contributed by atoms with Crippen molar-refractivity contribution in [2.24, 2.45) is 0 Å². The Bertz CT molecular complexity index is 1330. The first-order valence-electron chi connectivity index (χ1n) is 8.58. The van der Waals surface area contributed by atoms with Gasteiger partial charge in [-0.2, -0.15) is 18.3 Å². The van der Waals surface area contributed by atoms with Crippen LogP contribution in [0.15, 0.2) is 71.6 Å². The van der Waals surface area contributed by atoms with Crippen molar-refractivity contribution in [3.63, 3.8) is 0 Å². The number of H-pyrrole nitrogens is 1. The standard InChI is InChI=1S/C20H13F4N3O2S/c21-14-6-9-17-18(11-14)25-26-19(17)12-2-1-3-16(10-12)30(28,29)27-15-7-4-13(5-8-15)20(22,23)24/h1-11,27H,(H,25,26). The first kappa shape index (κ1) is 19.9. The molecule has 1 aromatic heterocycles. The van der Waals surface area contributed by atoms with Crippen molar-refractivity contribution >= 4 is 26.6 Å². The van der Waals surface area contributed by atoms with Crippen LogP contribution < -0.4 is 4.72 Å². The van der Waals surface area contributed by atoms with Crippen LogP contribution in [0.4, 0.5) is 23.2 Å². The minimum atomic E-state index is -4.51. The molecule has 0 saturated heterocycles. The van der Waals surface area contributed by atoms with Crippen molar-refractivity contribution in [2.75, 3.05) is 4.72 Å². The molecule has 0 aliphatic rings. The van der Waals surface area contributed by atoms with Gasteiger partial charge in [0.05, 0.1) is 21.7 Å². The summed E-state index contributed by atoms with van der Waals surface area (Å²) in [4.78, 5) is -0.0989. The molecule has 0 saturated carbocycles. The van der Waals surface area contributed by atoms with E-state index in [0.29, 0.717) is 22.2 Å². The van der Waals surface area contributed by atoms with E-state index < -0.39 is 27.6 Å². The van der Waals surface area contributed by atoms with E-state index in [-0.39, 0.29) is 10.6 Å². The summed E-state index contributed by atoms with van der Waals surface area (Å²) in [6.07, 6.45) is -4.51. The predicted octanol–water partition coefficient (Wildman–Crippen LogP) is 5.19. The van der Waals surface area contributed by atoms with Crippen LogP contribution in [-0.4, -0.2) is 18.6 Å². The molecule has 10 heteroatoms. The van der Waals surface area contributed by atoms with Gasteiger partial charge < -0.3 is 0 Å². The number of nitrogens with zero attached hydrogens (tertiary/aromatic N) is 1. The molecule has 0 spiro atoms. The smallest absolute Gasteiger partial charge is 0.280 e. The number of halogens is 4. The number of rotatable bonds is 4. The molecule has 0 amide bonds. The summed E-state index contributed by atoms with van der Waals surface area (Å²) in [5.41, 5.74) is 0.490. The maximum absolute atomic E-state index is 13.4. The Labute approximate surface area is 168 Å². The van der Waals surface area contributed by atoms with Crippen LogP contribution in [0.1, 0.15) is 5.56 Å². The van der Waals surface area contributed by atoms with Crippen molar-refractivity contribution in [1.82, 2.24) is 10.2 Å². The second-order valence-corrected chi connectivity index (χ2v) is 8.15. The lowest BCUT2D eigenvalue weighted by atomic mass is 10.1. The van der Waals surface area contributed by atoms with Gasteiger partial charge in [0.2, 0.25) is 0 Å². The van der Waals surface area contributed by atoms with Gasteiger partial charge >= 0.3 is 6.18 Å². The van der Waals surface area contributed by atoms with Gasteiger partial charge in [0.15, 0.2) is 0 Å².